The lowest BCUT2D eigenvalue weighted by Crippen LogP contribution is -2.41. The van der Waals surface area contributed by atoms with E-state index in [4.69, 9.17) is 5.73 Å². The van der Waals surface area contributed by atoms with Gasteiger partial charge in [-0.15, -0.1) is 24.0 Å². The van der Waals surface area contributed by atoms with Crippen LogP contribution in [0.3, 0.4) is 0 Å². The van der Waals surface area contributed by atoms with Crippen LogP contribution in [0.15, 0.2) is 29.3 Å². The summed E-state index contributed by atoms with van der Waals surface area (Å²) in [7, 11) is 1.73. The molecule has 0 saturated carbocycles. The van der Waals surface area contributed by atoms with Crippen molar-refractivity contribution in [1.29, 1.82) is 0 Å². The van der Waals surface area contributed by atoms with Gasteiger partial charge in [0.15, 0.2) is 5.96 Å². The number of guanidine groups is 1. The summed E-state index contributed by atoms with van der Waals surface area (Å²) in [6.45, 7) is 4.62. The molecule has 1 unspecified atom stereocenters. The number of aliphatic imine (C=N–C) groups is 1. The number of amides is 2. The molecule has 1 atom stereocenters. The minimum atomic E-state index is -0.570. The van der Waals surface area contributed by atoms with E-state index < -0.39 is 5.91 Å². The molecule has 7 nitrogen and oxygen atoms in total. The zero-order valence-electron chi connectivity index (χ0n) is 14.3. The number of carbonyl (C=O) groups is 2. The van der Waals surface area contributed by atoms with Crippen molar-refractivity contribution < 1.29 is 9.59 Å². The molecule has 0 aliphatic rings. The molecule has 0 saturated heterocycles. The van der Waals surface area contributed by atoms with Gasteiger partial charge in [0, 0.05) is 25.2 Å². The summed E-state index contributed by atoms with van der Waals surface area (Å²) < 4.78 is 0. The van der Waals surface area contributed by atoms with Gasteiger partial charge in [-0.3, -0.25) is 14.6 Å². The van der Waals surface area contributed by atoms with Gasteiger partial charge in [-0.25, -0.2) is 0 Å². The molecule has 0 fully saturated rings. The van der Waals surface area contributed by atoms with Gasteiger partial charge in [0.1, 0.15) is 0 Å². The van der Waals surface area contributed by atoms with E-state index >= 15 is 0 Å². The van der Waals surface area contributed by atoms with Crippen LogP contribution in [0.5, 0.6) is 0 Å². The fourth-order valence-corrected chi connectivity index (χ4v) is 1.76. The second-order valence-corrected chi connectivity index (χ2v) is 5.23. The first kappa shape index (κ1) is 22.2. The van der Waals surface area contributed by atoms with Crippen LogP contribution in [0, 0.1) is 0 Å². The average Bonchev–Trinajstić information content (AvgIpc) is 2.56. The molecule has 5 N–H and O–H groups in total. The van der Waals surface area contributed by atoms with Crippen molar-refractivity contribution >= 4 is 41.8 Å². The molecule has 0 spiro atoms. The number of nitrogens with two attached hydrogens (primary N) is 1. The summed E-state index contributed by atoms with van der Waals surface area (Å²) in [4.78, 5) is 26.6. The lowest BCUT2D eigenvalue weighted by molar-refractivity contribution is -0.117. The van der Waals surface area contributed by atoms with Crippen LogP contribution in [0.25, 0.3) is 0 Å². The third-order valence-corrected chi connectivity index (χ3v) is 3.32. The Balaban J connectivity index is 0.00000529. The Bertz CT molecular complexity index is 560. The van der Waals surface area contributed by atoms with Gasteiger partial charge in [0.25, 0.3) is 5.91 Å². The minimum Gasteiger partial charge on any atom is -0.368 e. The predicted octanol–water partition coefficient (Wildman–Crippen LogP) is 0.983. The first-order chi connectivity index (χ1) is 11.0. The van der Waals surface area contributed by atoms with Crippen molar-refractivity contribution in [2.75, 3.05) is 13.6 Å². The highest BCUT2D eigenvalue weighted by Gasteiger charge is 2.07. The van der Waals surface area contributed by atoms with Crippen LogP contribution in [0.2, 0.25) is 0 Å². The second-order valence-electron chi connectivity index (χ2n) is 5.23. The molecule has 2 amide bonds. The molecule has 1 aromatic carbocycles. The molecule has 0 aliphatic carbocycles. The maximum absolute atomic E-state index is 11.8. The monoisotopic (exact) mass is 447 g/mol. The van der Waals surface area contributed by atoms with Crippen molar-refractivity contribution in [2.45, 2.75) is 32.9 Å². The van der Waals surface area contributed by atoms with Gasteiger partial charge < -0.3 is 21.7 Å². The highest BCUT2D eigenvalue weighted by molar-refractivity contribution is 14.0. The van der Waals surface area contributed by atoms with Crippen LogP contribution < -0.4 is 21.7 Å². The molecule has 134 valence electrons. The van der Waals surface area contributed by atoms with Crippen LogP contribution >= 0.6 is 24.0 Å². The zero-order chi connectivity index (χ0) is 17.2. The summed E-state index contributed by atoms with van der Waals surface area (Å²) in [5, 5.41) is 8.94. The Morgan fingerprint density at radius 3 is 2.33 bits per heavy atom. The number of hydrogen-bond donors (Lipinski definition) is 4. The van der Waals surface area contributed by atoms with Gasteiger partial charge in [-0.05, 0) is 31.0 Å². The van der Waals surface area contributed by atoms with E-state index in [0.717, 1.165) is 17.9 Å². The summed E-state index contributed by atoms with van der Waals surface area (Å²) >= 11 is 0. The smallest absolute Gasteiger partial charge is 0.251 e. The summed E-state index contributed by atoms with van der Waals surface area (Å²) in [5.41, 5.74) is 6.49. The SMILES string of the molecule is CCC(C)NC(=NC)NCc1ccc(C(=O)NCC(N)=O)cc1.I. The molecule has 0 aliphatic heterocycles. The molecule has 24 heavy (non-hydrogen) atoms. The maximum Gasteiger partial charge on any atom is 0.251 e. The largest absolute Gasteiger partial charge is 0.368 e. The number of nitrogens with zero attached hydrogens (tertiary/aromatic N) is 1. The Hall–Kier alpha value is -1.84. The topological polar surface area (TPSA) is 109 Å². The van der Waals surface area contributed by atoms with E-state index in [2.05, 4.69) is 34.8 Å². The van der Waals surface area contributed by atoms with Crippen molar-refractivity contribution in [2.24, 2.45) is 10.7 Å². The standard InChI is InChI=1S/C16H25N5O2.HI/c1-4-11(2)21-16(18-3)20-9-12-5-7-13(8-6-12)15(23)19-10-14(17)22;/h5-8,11H,4,9-10H2,1-3H3,(H2,17,22)(H,19,23)(H2,18,20,21);1H. The van der Waals surface area contributed by atoms with Crippen molar-refractivity contribution in [3.8, 4) is 0 Å². The fourth-order valence-electron chi connectivity index (χ4n) is 1.76. The number of primary amides is 1. The Morgan fingerprint density at radius 1 is 1.21 bits per heavy atom. The zero-order valence-corrected chi connectivity index (χ0v) is 16.6. The first-order valence-electron chi connectivity index (χ1n) is 7.58. The third kappa shape index (κ3) is 8.14. The van der Waals surface area contributed by atoms with Gasteiger partial charge >= 0.3 is 0 Å². The van der Waals surface area contributed by atoms with E-state index in [-0.39, 0.29) is 36.4 Å². The number of benzene rings is 1. The number of hydrogen-bond acceptors (Lipinski definition) is 3. The van der Waals surface area contributed by atoms with Crippen molar-refractivity contribution in [3.63, 3.8) is 0 Å². The van der Waals surface area contributed by atoms with Gasteiger partial charge in [0.05, 0.1) is 6.54 Å². The third-order valence-electron chi connectivity index (χ3n) is 3.32. The molecule has 0 bridgehead atoms. The summed E-state index contributed by atoms with van der Waals surface area (Å²) in [6, 6.07) is 7.46. The summed E-state index contributed by atoms with van der Waals surface area (Å²) in [5.74, 6) is -0.153. The van der Waals surface area contributed by atoms with E-state index in [1.807, 2.05) is 12.1 Å². The highest BCUT2D eigenvalue weighted by atomic mass is 127. The van der Waals surface area contributed by atoms with Gasteiger partial charge in [0.2, 0.25) is 5.91 Å². The number of rotatable bonds is 7. The van der Waals surface area contributed by atoms with E-state index in [1.165, 1.54) is 0 Å². The fraction of sp³-hybridized carbons (Fsp3) is 0.438. The van der Waals surface area contributed by atoms with Gasteiger partial charge in [-0.1, -0.05) is 19.1 Å². The quantitative estimate of drug-likeness (QED) is 0.284. The number of nitrogens with one attached hydrogen (secondary N) is 3. The average molecular weight is 447 g/mol. The minimum absolute atomic E-state index is 0. The summed E-state index contributed by atoms with van der Waals surface area (Å²) in [6.07, 6.45) is 1.01. The van der Waals surface area contributed by atoms with E-state index in [9.17, 15) is 9.59 Å². The lowest BCUT2D eigenvalue weighted by Gasteiger charge is -2.16. The molecule has 0 radical (unpaired) electrons. The van der Waals surface area contributed by atoms with Crippen LogP contribution in [0.1, 0.15) is 36.2 Å². The lowest BCUT2D eigenvalue weighted by atomic mass is 10.1. The Morgan fingerprint density at radius 2 is 1.83 bits per heavy atom. The molecule has 1 aromatic rings. The van der Waals surface area contributed by atoms with Crippen molar-refractivity contribution in [1.82, 2.24) is 16.0 Å². The predicted molar refractivity (Wildman–Crippen MR) is 106 cm³/mol. The first-order valence-corrected chi connectivity index (χ1v) is 7.58. The Kier molecular flexibility index (Phi) is 10.8. The normalized spacial score (nSPS) is 11.9. The number of carbonyl (C=O) groups excluding carboxylic acids is 2. The highest BCUT2D eigenvalue weighted by Crippen LogP contribution is 2.04. The molecule has 8 heteroatoms. The van der Waals surface area contributed by atoms with Gasteiger partial charge in [-0.2, -0.15) is 0 Å². The van der Waals surface area contributed by atoms with Crippen LogP contribution in [-0.4, -0.2) is 37.4 Å². The Labute approximate surface area is 159 Å². The molecule has 0 aromatic heterocycles. The maximum atomic E-state index is 11.8. The van der Waals surface area contributed by atoms with E-state index in [0.29, 0.717) is 18.2 Å². The molecular formula is C16H26IN5O2. The van der Waals surface area contributed by atoms with E-state index in [1.54, 1.807) is 19.2 Å². The molecular weight excluding hydrogens is 421 g/mol. The van der Waals surface area contributed by atoms with Crippen molar-refractivity contribution in [3.05, 3.63) is 35.4 Å². The second kappa shape index (κ2) is 11.7. The molecule has 1 rings (SSSR count). The number of halogens is 1. The molecule has 0 heterocycles. The van der Waals surface area contributed by atoms with Crippen LogP contribution in [0.4, 0.5) is 0 Å². The van der Waals surface area contributed by atoms with Crippen LogP contribution in [-0.2, 0) is 11.3 Å².